The third kappa shape index (κ3) is 11.9. The molecular formula is C7H15F2N3. The van der Waals surface area contributed by atoms with Crippen LogP contribution in [0.4, 0.5) is 8.78 Å². The summed E-state index contributed by atoms with van der Waals surface area (Å²) in [6.07, 6.45) is -1.26. The lowest BCUT2D eigenvalue weighted by molar-refractivity contribution is 0.158. The summed E-state index contributed by atoms with van der Waals surface area (Å²) < 4.78 is 21.3. The molecule has 4 N–H and O–H groups in total. The lowest BCUT2D eigenvalue weighted by Gasteiger charge is -1.95. The molecule has 0 fully saturated rings. The molecule has 0 heterocycles. The first-order valence-corrected chi connectivity index (χ1v) is 3.52. The minimum atomic E-state index is -2.34. The maximum atomic E-state index is 10.6. The van der Waals surface area contributed by atoms with Gasteiger partial charge in [-0.15, -0.1) is 0 Å². The maximum Gasteiger partial charge on any atom is 0.250 e. The van der Waals surface area contributed by atoms with E-state index in [1.54, 1.807) is 0 Å². The molecule has 0 aromatic carbocycles. The van der Waals surface area contributed by atoms with Crippen LogP contribution in [0.25, 0.3) is 0 Å². The Hall–Kier alpha value is -0.840. The van der Waals surface area contributed by atoms with Crippen LogP contribution in [0.1, 0.15) is 13.8 Å². The van der Waals surface area contributed by atoms with Gasteiger partial charge in [-0.05, 0) is 5.92 Å². The van der Waals surface area contributed by atoms with Gasteiger partial charge in [-0.1, -0.05) is 13.8 Å². The van der Waals surface area contributed by atoms with Gasteiger partial charge in [-0.25, -0.2) is 8.78 Å². The monoisotopic (exact) mass is 179 g/mol. The second-order valence-corrected chi connectivity index (χ2v) is 2.38. The maximum absolute atomic E-state index is 10.6. The van der Waals surface area contributed by atoms with E-state index >= 15 is 0 Å². The highest BCUT2D eigenvalue weighted by Crippen LogP contribution is 1.89. The predicted molar refractivity (Wildman–Crippen MR) is 46.4 cm³/mol. The van der Waals surface area contributed by atoms with E-state index in [2.05, 4.69) is 5.73 Å². The van der Waals surface area contributed by atoms with Crippen molar-refractivity contribution in [1.82, 2.24) is 0 Å². The highest BCUT2D eigenvalue weighted by molar-refractivity contribution is 6.28. The molecule has 0 aliphatic carbocycles. The zero-order valence-electron chi connectivity index (χ0n) is 7.27. The van der Waals surface area contributed by atoms with Crippen molar-refractivity contribution in [1.29, 1.82) is 10.8 Å². The van der Waals surface area contributed by atoms with E-state index in [0.717, 1.165) is 6.21 Å². The summed E-state index contributed by atoms with van der Waals surface area (Å²) in [5.74, 6) is 0.206. The van der Waals surface area contributed by atoms with Crippen molar-refractivity contribution in [3.8, 4) is 0 Å². The second kappa shape index (κ2) is 8.26. The Morgan fingerprint density at radius 1 is 1.50 bits per heavy atom. The number of halogens is 2. The molecule has 0 bridgehead atoms. The summed E-state index contributed by atoms with van der Waals surface area (Å²) in [5, 5.41) is 13.5. The van der Waals surface area contributed by atoms with E-state index in [-0.39, 0.29) is 5.92 Å². The Labute approximate surface area is 71.0 Å². The van der Waals surface area contributed by atoms with Crippen molar-refractivity contribution in [3.05, 3.63) is 0 Å². The number of rotatable bonds is 3. The van der Waals surface area contributed by atoms with Gasteiger partial charge in [0.1, 0.15) is 0 Å². The van der Waals surface area contributed by atoms with Crippen LogP contribution >= 0.6 is 0 Å². The Morgan fingerprint density at radius 3 is 1.83 bits per heavy atom. The van der Waals surface area contributed by atoms with E-state index in [0.29, 0.717) is 5.71 Å². The first-order chi connectivity index (χ1) is 5.45. The Kier molecular flexibility index (Phi) is 9.45. The minimum absolute atomic E-state index is 0.206. The predicted octanol–water partition coefficient (Wildman–Crippen LogP) is 1.52. The van der Waals surface area contributed by atoms with Gasteiger partial charge in [0.25, 0.3) is 6.43 Å². The van der Waals surface area contributed by atoms with E-state index in [1.165, 1.54) is 0 Å². The van der Waals surface area contributed by atoms with Gasteiger partial charge in [0.15, 0.2) is 0 Å². The molecule has 0 aromatic heterocycles. The van der Waals surface area contributed by atoms with E-state index in [4.69, 9.17) is 10.8 Å². The average Bonchev–Trinajstić information content (AvgIpc) is 2.04. The summed E-state index contributed by atoms with van der Waals surface area (Å²) in [6, 6.07) is 0. The summed E-state index contributed by atoms with van der Waals surface area (Å²) in [7, 11) is 0. The lowest BCUT2D eigenvalue weighted by atomic mass is 10.1. The smallest absolute Gasteiger partial charge is 0.250 e. The number of nitrogens with one attached hydrogen (secondary N) is 2. The molecule has 0 amide bonds. The SMILES string of the molecule is CC(C)C(=N)C=N.NCC(F)F. The molecule has 0 atom stereocenters. The summed E-state index contributed by atoms with van der Waals surface area (Å²) in [4.78, 5) is 0. The van der Waals surface area contributed by atoms with Gasteiger partial charge in [0, 0.05) is 6.21 Å². The van der Waals surface area contributed by atoms with Gasteiger partial charge in [-0.2, -0.15) is 0 Å². The third-order valence-corrected chi connectivity index (χ3v) is 0.956. The Balaban J connectivity index is 0. The summed E-state index contributed by atoms with van der Waals surface area (Å²) >= 11 is 0. The largest absolute Gasteiger partial charge is 0.325 e. The second-order valence-electron chi connectivity index (χ2n) is 2.38. The molecule has 0 aliphatic heterocycles. The lowest BCUT2D eigenvalue weighted by Crippen LogP contribution is -2.08. The zero-order chi connectivity index (χ0) is 10.1. The van der Waals surface area contributed by atoms with E-state index in [1.807, 2.05) is 13.8 Å². The number of alkyl halides is 2. The van der Waals surface area contributed by atoms with Crippen LogP contribution in [0, 0.1) is 16.7 Å². The van der Waals surface area contributed by atoms with Crippen LogP contribution in [-0.2, 0) is 0 Å². The van der Waals surface area contributed by atoms with Gasteiger partial charge < -0.3 is 16.6 Å². The summed E-state index contributed by atoms with van der Waals surface area (Å²) in [5.41, 5.74) is 4.81. The molecule has 5 heteroatoms. The van der Waals surface area contributed by atoms with Crippen molar-refractivity contribution in [2.45, 2.75) is 20.3 Å². The van der Waals surface area contributed by atoms with Crippen LogP contribution in [0.15, 0.2) is 0 Å². The molecule has 3 nitrogen and oxygen atoms in total. The minimum Gasteiger partial charge on any atom is -0.325 e. The normalized spacial score (nSPS) is 9.25. The fourth-order valence-electron chi connectivity index (χ4n) is 0.167. The Bertz CT molecular complexity index is 135. The summed E-state index contributed by atoms with van der Waals surface area (Å²) in [6.45, 7) is 3.26. The molecular weight excluding hydrogens is 164 g/mol. The zero-order valence-corrected chi connectivity index (χ0v) is 7.27. The molecule has 0 aromatic rings. The van der Waals surface area contributed by atoms with Gasteiger partial charge in [0.2, 0.25) is 0 Å². The topological polar surface area (TPSA) is 73.7 Å². The molecule has 0 spiro atoms. The number of nitrogens with two attached hydrogens (primary N) is 1. The first-order valence-electron chi connectivity index (χ1n) is 3.52. The molecule has 0 saturated carbocycles. The fourth-order valence-corrected chi connectivity index (χ4v) is 0.167. The van der Waals surface area contributed by atoms with Crippen LogP contribution < -0.4 is 5.73 Å². The van der Waals surface area contributed by atoms with Crippen molar-refractivity contribution in [2.75, 3.05) is 6.54 Å². The van der Waals surface area contributed by atoms with Crippen molar-refractivity contribution >= 4 is 11.9 Å². The molecule has 0 saturated heterocycles. The van der Waals surface area contributed by atoms with Crippen LogP contribution in [0.3, 0.4) is 0 Å². The molecule has 0 rings (SSSR count). The average molecular weight is 179 g/mol. The van der Waals surface area contributed by atoms with Crippen molar-refractivity contribution in [3.63, 3.8) is 0 Å². The Morgan fingerprint density at radius 2 is 1.83 bits per heavy atom. The molecule has 0 radical (unpaired) electrons. The molecule has 0 unspecified atom stereocenters. The fraction of sp³-hybridized carbons (Fsp3) is 0.714. The van der Waals surface area contributed by atoms with Gasteiger partial charge in [0.05, 0.1) is 12.3 Å². The van der Waals surface area contributed by atoms with Crippen LogP contribution in [-0.4, -0.2) is 24.9 Å². The van der Waals surface area contributed by atoms with Crippen LogP contribution in [0.2, 0.25) is 0 Å². The van der Waals surface area contributed by atoms with Gasteiger partial charge >= 0.3 is 0 Å². The molecule has 12 heavy (non-hydrogen) atoms. The number of hydrogen-bond acceptors (Lipinski definition) is 3. The number of hydrogen-bond donors (Lipinski definition) is 3. The first kappa shape index (κ1) is 13.7. The van der Waals surface area contributed by atoms with E-state index < -0.39 is 13.0 Å². The third-order valence-electron chi connectivity index (χ3n) is 0.956. The van der Waals surface area contributed by atoms with Crippen molar-refractivity contribution < 1.29 is 8.78 Å². The highest BCUT2D eigenvalue weighted by Gasteiger charge is 1.94. The highest BCUT2D eigenvalue weighted by atomic mass is 19.3. The quantitative estimate of drug-likeness (QED) is 0.564. The van der Waals surface area contributed by atoms with Crippen molar-refractivity contribution in [2.24, 2.45) is 11.7 Å². The van der Waals surface area contributed by atoms with E-state index in [9.17, 15) is 8.78 Å². The molecule has 72 valence electrons. The van der Waals surface area contributed by atoms with Gasteiger partial charge in [-0.3, -0.25) is 0 Å². The standard InChI is InChI=1S/C5H10N2.C2H5F2N/c1-4(2)5(7)3-6;3-2(4)1-5/h3-4,6-7H,1-2H3;2H,1,5H2. The van der Waals surface area contributed by atoms with Crippen LogP contribution in [0.5, 0.6) is 0 Å². The molecule has 0 aliphatic rings.